The number of aryl methyl sites for hydroxylation is 2. The number of aliphatic imine (C=N–C) groups is 1. The van der Waals surface area contributed by atoms with Crippen LogP contribution < -0.4 is 31.2 Å². The molecule has 4 aromatic carbocycles. The first kappa shape index (κ1) is 39.2. The number of amides is 2. The second-order valence-electron chi connectivity index (χ2n) is 11.6. The highest BCUT2D eigenvalue weighted by Gasteiger charge is 2.14. The summed E-state index contributed by atoms with van der Waals surface area (Å²) >= 11 is 0. The van der Waals surface area contributed by atoms with Crippen LogP contribution in [0, 0.1) is 0 Å². The molecule has 5 aromatic rings. The molecule has 1 heterocycles. The number of benzene rings is 4. The summed E-state index contributed by atoms with van der Waals surface area (Å²) in [5.41, 5.74) is 5.12. The zero-order valence-electron chi connectivity index (χ0n) is 30.5. The summed E-state index contributed by atoms with van der Waals surface area (Å²) in [6.45, 7) is 1.37. The summed E-state index contributed by atoms with van der Waals surface area (Å²) in [6, 6.07) is 29.2. The van der Waals surface area contributed by atoms with E-state index in [9.17, 15) is 9.59 Å². The van der Waals surface area contributed by atoms with E-state index in [1.54, 1.807) is 66.0 Å². The van der Waals surface area contributed by atoms with E-state index >= 15 is 0 Å². The van der Waals surface area contributed by atoms with Gasteiger partial charge in [-0.15, -0.1) is 10.2 Å². The fourth-order valence-corrected chi connectivity index (χ4v) is 6.78. The molecule has 0 saturated heterocycles. The first-order chi connectivity index (χ1) is 26.3. The third-order valence-corrected chi connectivity index (χ3v) is 10.2. The molecule has 0 bridgehead atoms. The highest BCUT2D eigenvalue weighted by atomic mass is 33.1. The lowest BCUT2D eigenvalue weighted by Crippen LogP contribution is -2.25. The Bertz CT molecular complexity index is 2080. The molecule has 5 rings (SSSR count). The van der Waals surface area contributed by atoms with E-state index in [1.165, 1.54) is 0 Å². The molecule has 0 saturated carbocycles. The molecular weight excluding hydrogens is 721 g/mol. The molecule has 0 aliphatic heterocycles. The molecule has 0 fully saturated rings. The van der Waals surface area contributed by atoms with E-state index in [0.717, 1.165) is 22.9 Å². The van der Waals surface area contributed by atoms with Crippen molar-refractivity contribution in [3.8, 4) is 0 Å². The van der Waals surface area contributed by atoms with E-state index in [0.29, 0.717) is 58.9 Å². The minimum absolute atomic E-state index is 0.199. The van der Waals surface area contributed by atoms with Gasteiger partial charge in [-0.05, 0) is 60.7 Å². The van der Waals surface area contributed by atoms with Gasteiger partial charge in [0.1, 0.15) is 11.4 Å². The molecule has 0 atom stereocenters. The van der Waals surface area contributed by atoms with Crippen LogP contribution in [-0.4, -0.2) is 61.0 Å². The average molecular weight is 764 g/mol. The molecule has 1 aromatic heterocycles. The molecule has 16 heteroatoms. The van der Waals surface area contributed by atoms with Crippen LogP contribution in [0.2, 0.25) is 0 Å². The maximum absolute atomic E-state index is 12.8. The Balaban J connectivity index is 1.14. The summed E-state index contributed by atoms with van der Waals surface area (Å²) < 4.78 is 3.77. The van der Waals surface area contributed by atoms with Gasteiger partial charge in [0, 0.05) is 66.3 Å². The van der Waals surface area contributed by atoms with Crippen LogP contribution in [0.15, 0.2) is 135 Å². The maximum Gasteiger partial charge on any atom is 0.421 e. The van der Waals surface area contributed by atoms with Crippen LogP contribution in [0.1, 0.15) is 20.7 Å². The van der Waals surface area contributed by atoms with Crippen molar-refractivity contribution in [3.63, 3.8) is 0 Å². The lowest BCUT2D eigenvalue weighted by atomic mass is 10.2. The molecule has 5 N–H and O–H groups in total. The Morgan fingerprint density at radius 3 is 1.70 bits per heavy atom. The first-order valence-corrected chi connectivity index (χ1v) is 19.6. The van der Waals surface area contributed by atoms with Crippen LogP contribution in [-0.2, 0) is 14.1 Å². The van der Waals surface area contributed by atoms with E-state index in [-0.39, 0.29) is 11.8 Å². The average Bonchev–Trinajstić information content (AvgIpc) is 3.52. The zero-order chi connectivity index (χ0) is 38.1. The smallest absolute Gasteiger partial charge is 0.382 e. The van der Waals surface area contributed by atoms with Gasteiger partial charge in [-0.2, -0.15) is 0 Å². The highest BCUT2D eigenvalue weighted by Crippen LogP contribution is 2.32. The number of hydrogen-bond acceptors (Lipinski definition) is 10. The topological polar surface area (TPSA) is 165 Å². The summed E-state index contributed by atoms with van der Waals surface area (Å²) in [5.74, 6) is 2.31. The van der Waals surface area contributed by atoms with Crippen molar-refractivity contribution in [2.24, 2.45) is 39.5 Å². The van der Waals surface area contributed by atoms with Gasteiger partial charge >= 0.3 is 5.95 Å². The van der Waals surface area contributed by atoms with Gasteiger partial charge in [-0.1, -0.05) is 63.1 Å². The molecule has 0 aliphatic rings. The number of imidazole rings is 1. The van der Waals surface area contributed by atoms with Gasteiger partial charge in [0.2, 0.25) is 5.96 Å². The summed E-state index contributed by atoms with van der Waals surface area (Å²) in [4.78, 5) is 29.6. The third kappa shape index (κ3) is 11.5. The van der Waals surface area contributed by atoms with E-state index < -0.39 is 0 Å². The number of guanidine groups is 1. The van der Waals surface area contributed by atoms with Gasteiger partial charge in [0.25, 0.3) is 11.8 Å². The SMILES string of the molecule is CN=C(N=Nc1cc(NC(=O)c2ccccc2)ccc1NCCSSCCNc1ccc(NC(=O)c2ccccc2)cc1N=Nc1n(C)cc[n+]1C)NC. The van der Waals surface area contributed by atoms with Gasteiger partial charge in [-0.25, -0.2) is 9.13 Å². The van der Waals surface area contributed by atoms with Crippen molar-refractivity contribution in [2.75, 3.05) is 60.0 Å². The molecule has 278 valence electrons. The number of nitrogens with zero attached hydrogens (tertiary/aromatic N) is 7. The van der Waals surface area contributed by atoms with Crippen molar-refractivity contribution in [1.29, 1.82) is 0 Å². The second kappa shape index (κ2) is 20.3. The zero-order valence-corrected chi connectivity index (χ0v) is 32.1. The van der Waals surface area contributed by atoms with Crippen LogP contribution >= 0.6 is 21.6 Å². The standard InChI is InChI=1S/C38H42N12O2S2/c1-39-37(40-2)47-45-33-25-29(43-35(51)27-11-7-5-8-12-27)15-17-31(33)41-19-23-53-54-24-20-42-32-18-16-30(44-36(52)28-13-9-6-10-14-28)26-34(32)46-48-38-49(3)21-22-50(38)4/h5-18,21-22,25-26H,19-20,23-24H2,1-4H3,(H4,39,40,41,42,43,44,45,46,47,51,52)/p+1. The maximum atomic E-state index is 12.8. The van der Waals surface area contributed by atoms with Crippen molar-refractivity contribution in [1.82, 2.24) is 9.88 Å². The normalized spacial score (nSPS) is 11.5. The van der Waals surface area contributed by atoms with Crippen molar-refractivity contribution >= 4 is 79.4 Å². The van der Waals surface area contributed by atoms with E-state index in [4.69, 9.17) is 0 Å². The fraction of sp³-hybridized carbons (Fsp3) is 0.211. The summed E-state index contributed by atoms with van der Waals surface area (Å²) in [6.07, 6.45) is 3.82. The second-order valence-corrected chi connectivity index (χ2v) is 14.3. The molecule has 14 nitrogen and oxygen atoms in total. The number of nitrogens with one attached hydrogen (secondary N) is 5. The van der Waals surface area contributed by atoms with Gasteiger partial charge < -0.3 is 26.6 Å². The van der Waals surface area contributed by atoms with Crippen molar-refractivity contribution < 1.29 is 14.2 Å². The monoisotopic (exact) mass is 763 g/mol. The van der Waals surface area contributed by atoms with Crippen molar-refractivity contribution in [2.45, 2.75) is 0 Å². The molecular formula is C38H43N12O2S2+. The van der Waals surface area contributed by atoms with Gasteiger partial charge in [-0.3, -0.25) is 14.6 Å². The first-order valence-electron chi connectivity index (χ1n) is 17.1. The lowest BCUT2D eigenvalue weighted by Gasteiger charge is -2.12. The minimum Gasteiger partial charge on any atom is -0.382 e. The Labute approximate surface area is 322 Å². The number of carbonyl (C=O) groups is 2. The molecule has 2 amide bonds. The fourth-order valence-electron chi connectivity index (χ4n) is 4.97. The molecule has 0 aliphatic carbocycles. The Hall–Kier alpha value is -6.00. The van der Waals surface area contributed by atoms with E-state index in [2.05, 4.69) is 52.0 Å². The number of anilines is 4. The number of azo groups is 2. The minimum atomic E-state index is -0.209. The van der Waals surface area contributed by atoms with Gasteiger partial charge in [0.15, 0.2) is 0 Å². The lowest BCUT2D eigenvalue weighted by molar-refractivity contribution is -0.657. The summed E-state index contributed by atoms with van der Waals surface area (Å²) in [7, 11) is 10.7. The summed E-state index contributed by atoms with van der Waals surface area (Å²) in [5, 5.41) is 33.3. The third-order valence-electron chi connectivity index (χ3n) is 7.75. The quantitative estimate of drug-likeness (QED) is 0.0170. The Morgan fingerprint density at radius 1 is 0.722 bits per heavy atom. The van der Waals surface area contributed by atoms with Crippen LogP contribution in [0.25, 0.3) is 0 Å². The predicted molar refractivity (Wildman–Crippen MR) is 221 cm³/mol. The largest absolute Gasteiger partial charge is 0.421 e. The molecule has 0 unspecified atom stereocenters. The van der Waals surface area contributed by atoms with Crippen LogP contribution in [0.3, 0.4) is 0 Å². The van der Waals surface area contributed by atoms with Crippen LogP contribution in [0.5, 0.6) is 0 Å². The van der Waals surface area contributed by atoms with Crippen molar-refractivity contribution in [3.05, 3.63) is 121 Å². The molecule has 54 heavy (non-hydrogen) atoms. The van der Waals surface area contributed by atoms with Gasteiger partial charge in [0.05, 0.1) is 37.9 Å². The number of aromatic nitrogens is 2. The van der Waals surface area contributed by atoms with Crippen LogP contribution in [0.4, 0.5) is 40.1 Å². The highest BCUT2D eigenvalue weighted by molar-refractivity contribution is 8.76. The van der Waals surface area contributed by atoms with E-state index in [1.807, 2.05) is 102 Å². The predicted octanol–water partition coefficient (Wildman–Crippen LogP) is 7.96. The number of rotatable bonds is 16. The molecule has 0 radical (unpaired) electrons. The molecule has 0 spiro atoms. The Kier molecular flexibility index (Phi) is 14.7. The Morgan fingerprint density at radius 2 is 1.24 bits per heavy atom. The number of hydrogen-bond donors (Lipinski definition) is 5. The number of carbonyl (C=O) groups excluding carboxylic acids is 2.